The minimum Gasteiger partial charge on any atom is -0.443 e. The van der Waals surface area contributed by atoms with Crippen molar-refractivity contribution in [2.24, 2.45) is 0 Å². The number of nitrogens with zero attached hydrogens (tertiary/aromatic N) is 1. The van der Waals surface area contributed by atoms with E-state index < -0.39 is 11.7 Å². The molecule has 0 saturated carbocycles. The zero-order chi connectivity index (χ0) is 22.7. The van der Waals surface area contributed by atoms with Crippen LogP contribution in [0.25, 0.3) is 22.2 Å². The number of anilines is 1. The molecule has 1 aliphatic rings. The van der Waals surface area contributed by atoms with Gasteiger partial charge in [0.15, 0.2) is 0 Å². The fourth-order valence-electron chi connectivity index (χ4n) is 4.75. The van der Waals surface area contributed by atoms with Crippen molar-refractivity contribution < 1.29 is 9.53 Å². The van der Waals surface area contributed by atoms with Crippen LogP contribution in [0.5, 0.6) is 0 Å². The lowest BCUT2D eigenvalue weighted by Gasteiger charge is -2.39. The summed E-state index contributed by atoms with van der Waals surface area (Å²) in [5.74, 6) is 0.303. The van der Waals surface area contributed by atoms with Crippen molar-refractivity contribution in [3.63, 3.8) is 0 Å². The summed E-state index contributed by atoms with van der Waals surface area (Å²) in [5, 5.41) is 5.34. The van der Waals surface area contributed by atoms with Gasteiger partial charge in [-0.05, 0) is 83.2 Å². The third kappa shape index (κ3) is 3.94. The maximum Gasteiger partial charge on any atom is 0.419 e. The van der Waals surface area contributed by atoms with Crippen LogP contribution in [0.3, 0.4) is 0 Å². The standard InChI is InChI=1S/C26H31ClN2O2/c1-15-12-18(22(27)21-16(2)14-26(6,7)28-23(15)21)20-13-17-10-8-9-11-19(17)29(20)24(30)31-25(3,4)5/h8-13,16,28H,14H2,1-7H3. The zero-order valence-corrected chi connectivity index (χ0v) is 20.1. The molecule has 0 saturated heterocycles. The van der Waals surface area contributed by atoms with Crippen LogP contribution in [0.4, 0.5) is 10.5 Å². The number of rotatable bonds is 1. The number of carbonyl (C=O) groups is 1. The molecule has 1 aromatic heterocycles. The molecule has 0 bridgehead atoms. The van der Waals surface area contributed by atoms with E-state index in [1.807, 2.05) is 51.1 Å². The van der Waals surface area contributed by atoms with Gasteiger partial charge in [-0.25, -0.2) is 9.36 Å². The van der Waals surface area contributed by atoms with Crippen molar-refractivity contribution in [3.8, 4) is 11.3 Å². The number of hydrogen-bond acceptors (Lipinski definition) is 3. The lowest BCUT2D eigenvalue weighted by atomic mass is 9.80. The highest BCUT2D eigenvalue weighted by atomic mass is 35.5. The second-order valence-electron chi connectivity index (χ2n) is 10.4. The molecule has 0 fully saturated rings. The zero-order valence-electron chi connectivity index (χ0n) is 19.4. The number of hydrogen-bond donors (Lipinski definition) is 1. The van der Waals surface area contributed by atoms with Gasteiger partial charge in [0.1, 0.15) is 5.60 Å². The number of nitrogens with one attached hydrogen (secondary N) is 1. The molecular formula is C26H31ClN2O2. The summed E-state index contributed by atoms with van der Waals surface area (Å²) < 4.78 is 7.40. The highest BCUT2D eigenvalue weighted by molar-refractivity contribution is 6.35. The number of halogens is 1. The van der Waals surface area contributed by atoms with Crippen LogP contribution in [0.2, 0.25) is 5.02 Å². The largest absolute Gasteiger partial charge is 0.443 e. The van der Waals surface area contributed by atoms with Crippen molar-refractivity contribution >= 4 is 34.3 Å². The molecule has 2 aromatic carbocycles. The van der Waals surface area contributed by atoms with Crippen LogP contribution in [0.15, 0.2) is 36.4 Å². The summed E-state index contributed by atoms with van der Waals surface area (Å²) in [5.41, 5.74) is 5.18. The minimum atomic E-state index is -0.598. The number of fused-ring (bicyclic) bond motifs is 2. The molecule has 5 heteroatoms. The normalized spacial score (nSPS) is 17.9. The van der Waals surface area contributed by atoms with E-state index in [2.05, 4.69) is 39.1 Å². The van der Waals surface area contributed by atoms with Crippen molar-refractivity contribution in [3.05, 3.63) is 52.5 Å². The molecular weight excluding hydrogens is 408 g/mol. The first-order chi connectivity index (χ1) is 14.4. The van der Waals surface area contributed by atoms with E-state index in [1.54, 1.807) is 4.57 Å². The molecule has 0 radical (unpaired) electrons. The van der Waals surface area contributed by atoms with E-state index in [0.717, 1.165) is 45.4 Å². The van der Waals surface area contributed by atoms with Crippen LogP contribution in [0, 0.1) is 6.92 Å². The van der Waals surface area contributed by atoms with E-state index in [-0.39, 0.29) is 5.54 Å². The molecule has 4 rings (SSSR count). The Morgan fingerprint density at radius 1 is 1.23 bits per heavy atom. The van der Waals surface area contributed by atoms with Gasteiger partial charge in [-0.2, -0.15) is 0 Å². The molecule has 0 amide bonds. The molecule has 1 unspecified atom stereocenters. The highest BCUT2D eigenvalue weighted by Gasteiger charge is 2.34. The summed E-state index contributed by atoms with van der Waals surface area (Å²) >= 11 is 7.05. The second kappa shape index (κ2) is 7.30. The number of benzene rings is 2. The predicted octanol–water partition coefficient (Wildman–Crippen LogP) is 7.75. The molecule has 164 valence electrons. The molecule has 31 heavy (non-hydrogen) atoms. The Bertz CT molecular complexity index is 1180. The molecule has 2 heterocycles. The average Bonchev–Trinajstić information content (AvgIpc) is 3.01. The SMILES string of the molecule is Cc1cc(-c2cc3ccccc3n2C(=O)OC(C)(C)C)c(Cl)c2c1NC(C)(C)CC2C. The van der Waals surface area contributed by atoms with E-state index in [9.17, 15) is 4.79 Å². The van der Waals surface area contributed by atoms with Crippen molar-refractivity contribution in [1.82, 2.24) is 4.57 Å². The quantitative estimate of drug-likeness (QED) is 0.422. The first-order valence-corrected chi connectivity index (χ1v) is 11.2. The van der Waals surface area contributed by atoms with Crippen molar-refractivity contribution in [2.45, 2.75) is 71.9 Å². The van der Waals surface area contributed by atoms with Crippen LogP contribution >= 0.6 is 11.6 Å². The monoisotopic (exact) mass is 438 g/mol. The maximum atomic E-state index is 13.2. The van der Waals surface area contributed by atoms with Gasteiger partial charge in [0.05, 0.1) is 16.2 Å². The van der Waals surface area contributed by atoms with Crippen LogP contribution < -0.4 is 5.32 Å². The summed E-state index contributed by atoms with van der Waals surface area (Å²) in [4.78, 5) is 13.2. The van der Waals surface area contributed by atoms with Crippen LogP contribution in [-0.2, 0) is 4.74 Å². The Labute approximate surface area is 189 Å². The lowest BCUT2D eigenvalue weighted by Crippen LogP contribution is -2.37. The Kier molecular flexibility index (Phi) is 5.13. The van der Waals surface area contributed by atoms with Gasteiger partial charge in [0.25, 0.3) is 0 Å². The van der Waals surface area contributed by atoms with Gasteiger partial charge in [0, 0.05) is 22.2 Å². The topological polar surface area (TPSA) is 43.3 Å². The van der Waals surface area contributed by atoms with E-state index in [4.69, 9.17) is 16.3 Å². The summed E-state index contributed by atoms with van der Waals surface area (Å²) in [6.07, 6.45) is 0.583. The highest BCUT2D eigenvalue weighted by Crippen LogP contribution is 2.48. The van der Waals surface area contributed by atoms with Crippen molar-refractivity contribution in [1.29, 1.82) is 0 Å². The first kappa shape index (κ1) is 21.8. The molecule has 1 aliphatic heterocycles. The third-order valence-corrected chi connectivity index (χ3v) is 6.24. The molecule has 1 atom stereocenters. The fourth-order valence-corrected chi connectivity index (χ4v) is 5.18. The molecule has 4 nitrogen and oxygen atoms in total. The van der Waals surface area contributed by atoms with Gasteiger partial charge in [-0.3, -0.25) is 0 Å². The van der Waals surface area contributed by atoms with Crippen LogP contribution in [0.1, 0.15) is 65.0 Å². The third-order valence-electron chi connectivity index (χ3n) is 5.83. The van der Waals surface area contributed by atoms with E-state index in [0.29, 0.717) is 10.9 Å². The molecule has 3 aromatic rings. The average molecular weight is 439 g/mol. The summed E-state index contributed by atoms with van der Waals surface area (Å²) in [6, 6.07) is 12.0. The molecule has 0 spiro atoms. The maximum absolute atomic E-state index is 13.2. The predicted molar refractivity (Wildman–Crippen MR) is 129 cm³/mol. The Balaban J connectivity index is 1.97. The smallest absolute Gasteiger partial charge is 0.419 e. The lowest BCUT2D eigenvalue weighted by molar-refractivity contribution is 0.0547. The van der Waals surface area contributed by atoms with Gasteiger partial charge < -0.3 is 10.1 Å². The Morgan fingerprint density at radius 3 is 2.58 bits per heavy atom. The fraction of sp³-hybridized carbons (Fsp3) is 0.423. The number of ether oxygens (including phenoxy) is 1. The van der Waals surface area contributed by atoms with Crippen LogP contribution in [-0.4, -0.2) is 21.8 Å². The second-order valence-corrected chi connectivity index (χ2v) is 10.7. The van der Waals surface area contributed by atoms with E-state index in [1.165, 1.54) is 0 Å². The number of aryl methyl sites for hydroxylation is 1. The van der Waals surface area contributed by atoms with Gasteiger partial charge >= 0.3 is 6.09 Å². The van der Waals surface area contributed by atoms with E-state index >= 15 is 0 Å². The first-order valence-electron chi connectivity index (χ1n) is 10.8. The number of para-hydroxylation sites is 1. The van der Waals surface area contributed by atoms with Gasteiger partial charge in [-0.15, -0.1) is 0 Å². The van der Waals surface area contributed by atoms with Gasteiger partial charge in [0.2, 0.25) is 0 Å². The number of carbonyl (C=O) groups excluding carboxylic acids is 1. The molecule has 0 aliphatic carbocycles. The minimum absolute atomic E-state index is 0.00738. The Morgan fingerprint density at radius 2 is 1.90 bits per heavy atom. The number of aromatic nitrogens is 1. The van der Waals surface area contributed by atoms with Crippen molar-refractivity contribution in [2.75, 3.05) is 5.32 Å². The molecule has 1 N–H and O–H groups in total. The summed E-state index contributed by atoms with van der Waals surface area (Å²) in [6.45, 7) is 14.4. The van der Waals surface area contributed by atoms with Gasteiger partial charge in [-0.1, -0.05) is 36.7 Å². The Hall–Kier alpha value is -2.46. The summed E-state index contributed by atoms with van der Waals surface area (Å²) in [7, 11) is 0.